The van der Waals surface area contributed by atoms with E-state index in [1.165, 1.54) is 12.4 Å². The minimum atomic E-state index is -0.264. The van der Waals surface area contributed by atoms with E-state index >= 15 is 0 Å². The zero-order valence-electron chi connectivity index (χ0n) is 9.98. The monoisotopic (exact) mass is 238 g/mol. The van der Waals surface area contributed by atoms with Crippen molar-refractivity contribution in [1.29, 1.82) is 0 Å². The average molecular weight is 238 g/mol. The molecule has 0 spiro atoms. The van der Waals surface area contributed by atoms with Gasteiger partial charge in [-0.05, 0) is 12.8 Å². The van der Waals surface area contributed by atoms with Crippen LogP contribution < -0.4 is 11.1 Å². The highest BCUT2D eigenvalue weighted by atomic mass is 16.5. The maximum atomic E-state index is 11.6. The van der Waals surface area contributed by atoms with Crippen LogP contribution in [-0.2, 0) is 4.74 Å². The van der Waals surface area contributed by atoms with Crippen molar-refractivity contribution in [3.05, 3.63) is 18.1 Å². The molecule has 3 N–H and O–H groups in total. The van der Waals surface area contributed by atoms with E-state index in [0.29, 0.717) is 13.2 Å². The molecule has 0 aliphatic heterocycles. The molecule has 0 atom stereocenters. The third-order valence-corrected chi connectivity index (χ3v) is 1.99. The molecule has 0 radical (unpaired) electrons. The molecule has 17 heavy (non-hydrogen) atoms. The van der Waals surface area contributed by atoms with Gasteiger partial charge in [0, 0.05) is 19.8 Å². The van der Waals surface area contributed by atoms with Gasteiger partial charge in [0.25, 0.3) is 5.91 Å². The van der Waals surface area contributed by atoms with Gasteiger partial charge < -0.3 is 15.8 Å². The Bertz CT molecular complexity index is 357. The lowest BCUT2D eigenvalue weighted by atomic mass is 10.4. The molecule has 0 aliphatic carbocycles. The molecule has 0 aromatic carbocycles. The molecule has 1 aromatic rings. The van der Waals surface area contributed by atoms with Crippen LogP contribution in [0.3, 0.4) is 0 Å². The van der Waals surface area contributed by atoms with Gasteiger partial charge in [0.2, 0.25) is 0 Å². The summed E-state index contributed by atoms with van der Waals surface area (Å²) in [5.74, 6) is -0.0239. The first-order valence-electron chi connectivity index (χ1n) is 5.67. The van der Waals surface area contributed by atoms with Gasteiger partial charge in [-0.25, -0.2) is 4.98 Å². The summed E-state index contributed by atoms with van der Waals surface area (Å²) in [6.07, 6.45) is 4.57. The van der Waals surface area contributed by atoms with E-state index in [4.69, 9.17) is 10.5 Å². The number of carbonyl (C=O) groups is 1. The third kappa shape index (κ3) is 5.26. The minimum Gasteiger partial charge on any atom is -0.382 e. The number of carbonyl (C=O) groups excluding carboxylic acids is 1. The summed E-state index contributed by atoms with van der Waals surface area (Å²) in [6.45, 7) is 4.02. The molecule has 1 aromatic heterocycles. The molecule has 94 valence electrons. The molecule has 0 saturated carbocycles. The average Bonchev–Trinajstić information content (AvgIpc) is 2.33. The van der Waals surface area contributed by atoms with Crippen LogP contribution in [0.2, 0.25) is 0 Å². The van der Waals surface area contributed by atoms with Crippen molar-refractivity contribution in [1.82, 2.24) is 15.3 Å². The van der Waals surface area contributed by atoms with Crippen LogP contribution >= 0.6 is 0 Å². The molecule has 6 heteroatoms. The number of nitrogen functional groups attached to an aromatic ring is 1. The van der Waals surface area contributed by atoms with Crippen molar-refractivity contribution >= 4 is 11.7 Å². The van der Waals surface area contributed by atoms with E-state index in [2.05, 4.69) is 22.2 Å². The van der Waals surface area contributed by atoms with E-state index < -0.39 is 0 Å². The van der Waals surface area contributed by atoms with Crippen molar-refractivity contribution in [2.24, 2.45) is 0 Å². The zero-order valence-corrected chi connectivity index (χ0v) is 9.98. The van der Waals surface area contributed by atoms with Gasteiger partial charge in [-0.1, -0.05) is 6.92 Å². The first kappa shape index (κ1) is 13.4. The molecule has 0 bridgehead atoms. The topological polar surface area (TPSA) is 90.1 Å². The standard InChI is InChI=1S/C11H18N4O2/c1-2-5-17-6-3-4-14-11(16)9-7-13-8-10(12)15-9/h7-8H,2-6H2,1H3,(H2,12,15)(H,14,16). The number of anilines is 1. The largest absolute Gasteiger partial charge is 0.382 e. The fourth-order valence-corrected chi connectivity index (χ4v) is 1.20. The summed E-state index contributed by atoms with van der Waals surface area (Å²) in [4.78, 5) is 19.3. The zero-order chi connectivity index (χ0) is 12.5. The highest BCUT2D eigenvalue weighted by Crippen LogP contribution is 1.96. The molecular formula is C11H18N4O2. The fraction of sp³-hybridized carbons (Fsp3) is 0.545. The third-order valence-electron chi connectivity index (χ3n) is 1.99. The summed E-state index contributed by atoms with van der Waals surface area (Å²) in [7, 11) is 0. The van der Waals surface area contributed by atoms with Crippen molar-refractivity contribution in [3.8, 4) is 0 Å². The van der Waals surface area contributed by atoms with Crippen molar-refractivity contribution in [2.45, 2.75) is 19.8 Å². The van der Waals surface area contributed by atoms with Crippen LogP contribution in [0.4, 0.5) is 5.82 Å². The van der Waals surface area contributed by atoms with Crippen molar-refractivity contribution in [3.63, 3.8) is 0 Å². The minimum absolute atomic E-state index is 0.236. The van der Waals surface area contributed by atoms with Gasteiger partial charge in [-0.2, -0.15) is 0 Å². The second-order valence-electron chi connectivity index (χ2n) is 3.55. The van der Waals surface area contributed by atoms with Crippen LogP contribution in [0.1, 0.15) is 30.3 Å². The number of nitrogens with two attached hydrogens (primary N) is 1. The molecular weight excluding hydrogens is 220 g/mol. The molecule has 1 amide bonds. The summed E-state index contributed by atoms with van der Waals surface area (Å²) in [5.41, 5.74) is 5.67. The molecule has 0 fully saturated rings. The van der Waals surface area contributed by atoms with E-state index in [0.717, 1.165) is 19.4 Å². The Morgan fingerprint density at radius 2 is 2.29 bits per heavy atom. The maximum absolute atomic E-state index is 11.6. The first-order chi connectivity index (χ1) is 8.24. The Morgan fingerprint density at radius 1 is 1.47 bits per heavy atom. The molecule has 0 saturated heterocycles. The van der Waals surface area contributed by atoms with Crippen LogP contribution in [0.15, 0.2) is 12.4 Å². The lowest BCUT2D eigenvalue weighted by Crippen LogP contribution is -2.26. The lowest BCUT2D eigenvalue weighted by molar-refractivity contribution is 0.0936. The summed E-state index contributed by atoms with van der Waals surface area (Å²) in [5, 5.41) is 2.73. The van der Waals surface area contributed by atoms with Crippen molar-refractivity contribution < 1.29 is 9.53 Å². The number of nitrogens with zero attached hydrogens (tertiary/aromatic N) is 2. The van der Waals surface area contributed by atoms with Crippen molar-refractivity contribution in [2.75, 3.05) is 25.5 Å². The molecule has 6 nitrogen and oxygen atoms in total. The highest BCUT2D eigenvalue weighted by molar-refractivity contribution is 5.92. The predicted octanol–water partition coefficient (Wildman–Crippen LogP) is 0.605. The smallest absolute Gasteiger partial charge is 0.271 e. The lowest BCUT2D eigenvalue weighted by Gasteiger charge is -2.05. The number of rotatable bonds is 7. The van der Waals surface area contributed by atoms with E-state index in [-0.39, 0.29) is 17.4 Å². The van der Waals surface area contributed by atoms with Gasteiger partial charge in [-0.3, -0.25) is 9.78 Å². The summed E-state index contributed by atoms with van der Waals surface area (Å²) < 4.78 is 5.29. The number of ether oxygens (including phenoxy) is 1. The number of amides is 1. The normalized spacial score (nSPS) is 10.2. The summed E-state index contributed by atoms with van der Waals surface area (Å²) in [6, 6.07) is 0. The summed E-state index contributed by atoms with van der Waals surface area (Å²) >= 11 is 0. The van der Waals surface area contributed by atoms with E-state index in [1.54, 1.807) is 0 Å². The van der Waals surface area contributed by atoms with Gasteiger partial charge >= 0.3 is 0 Å². The van der Waals surface area contributed by atoms with Crippen LogP contribution in [0.5, 0.6) is 0 Å². The Hall–Kier alpha value is -1.69. The maximum Gasteiger partial charge on any atom is 0.271 e. The quantitative estimate of drug-likeness (QED) is 0.679. The first-order valence-corrected chi connectivity index (χ1v) is 5.67. The second-order valence-corrected chi connectivity index (χ2v) is 3.55. The second kappa shape index (κ2) is 7.56. The van der Waals surface area contributed by atoms with Gasteiger partial charge in [0.15, 0.2) is 0 Å². The Kier molecular flexibility index (Phi) is 5.95. The Balaban J connectivity index is 2.21. The SMILES string of the molecule is CCCOCCCNC(=O)c1cncc(N)n1. The van der Waals surface area contributed by atoms with Crippen LogP contribution in [0.25, 0.3) is 0 Å². The number of hydrogen-bond donors (Lipinski definition) is 2. The highest BCUT2D eigenvalue weighted by Gasteiger charge is 2.06. The predicted molar refractivity (Wildman–Crippen MR) is 64.5 cm³/mol. The number of aromatic nitrogens is 2. The van der Waals surface area contributed by atoms with Crippen LogP contribution in [-0.4, -0.2) is 35.6 Å². The molecule has 0 unspecified atom stereocenters. The Labute approximate surface area is 101 Å². The molecule has 1 rings (SSSR count). The molecule has 1 heterocycles. The fourth-order valence-electron chi connectivity index (χ4n) is 1.20. The number of hydrogen-bond acceptors (Lipinski definition) is 5. The van der Waals surface area contributed by atoms with E-state index in [9.17, 15) is 4.79 Å². The van der Waals surface area contributed by atoms with Crippen LogP contribution in [0, 0.1) is 0 Å². The number of nitrogens with one attached hydrogen (secondary N) is 1. The Morgan fingerprint density at radius 3 is 3.00 bits per heavy atom. The molecule has 0 aliphatic rings. The van der Waals surface area contributed by atoms with Gasteiger partial charge in [0.1, 0.15) is 11.5 Å². The van der Waals surface area contributed by atoms with Gasteiger partial charge in [0.05, 0.1) is 12.4 Å². The van der Waals surface area contributed by atoms with Gasteiger partial charge in [-0.15, -0.1) is 0 Å². The van der Waals surface area contributed by atoms with E-state index in [1.807, 2.05) is 0 Å².